The van der Waals surface area contributed by atoms with Crippen molar-refractivity contribution in [3.8, 4) is 0 Å². The van der Waals surface area contributed by atoms with Crippen LogP contribution in [0, 0.1) is 52.3 Å². The maximum absolute atomic E-state index is 10.5. The summed E-state index contributed by atoms with van der Waals surface area (Å²) in [5, 5.41) is 30.2. The second-order valence-corrected chi connectivity index (χ2v) is 15.3. The minimum Gasteiger partial charge on any atom is -0.394 e. The molecule has 1 saturated heterocycles. The van der Waals surface area contributed by atoms with Crippen LogP contribution in [0.15, 0.2) is 0 Å². The van der Waals surface area contributed by atoms with Crippen LogP contribution < -0.4 is 0 Å². The van der Waals surface area contributed by atoms with Gasteiger partial charge in [0.25, 0.3) is 0 Å². The number of hydrogen-bond acceptors (Lipinski definition) is 5. The third kappa shape index (κ3) is 4.85. The van der Waals surface area contributed by atoms with Gasteiger partial charge in [-0.3, -0.25) is 0 Å². The first kappa shape index (κ1) is 28.3. The minimum absolute atomic E-state index is 0.262. The molecule has 5 aliphatic rings. The molecule has 5 fully saturated rings. The molecule has 4 aliphatic carbocycles. The predicted octanol–water partition coefficient (Wildman–Crippen LogP) is 5.93. The highest BCUT2D eigenvalue weighted by Crippen LogP contribution is 2.70. The first-order valence-corrected chi connectivity index (χ1v) is 15.7. The van der Waals surface area contributed by atoms with E-state index in [4.69, 9.17) is 9.47 Å². The summed E-state index contributed by atoms with van der Waals surface area (Å²) < 4.78 is 12.2. The molecule has 3 N–H and O–H groups in total. The number of hydrogen-bond donors (Lipinski definition) is 3. The lowest BCUT2D eigenvalue weighted by Crippen LogP contribution is -2.51. The lowest BCUT2D eigenvalue weighted by atomic mass is 9.47. The van der Waals surface area contributed by atoms with Crippen LogP contribution in [-0.4, -0.2) is 52.1 Å². The first-order chi connectivity index (χ1) is 17.4. The Morgan fingerprint density at radius 3 is 2.30 bits per heavy atom. The SMILES string of the molecule is CC(C)CCC[C@@H](C)[C@H]1CC[C@H]2[C@@H]3CC[C@H]4C[C@@](C)(O[C@@H]5O[C@@H](CO)[C@H](O)[C@H]5O)C[C@]4(C)[C@H]3CC[C@]12C. The van der Waals surface area contributed by atoms with Crippen molar-refractivity contribution < 1.29 is 24.8 Å². The molecule has 37 heavy (non-hydrogen) atoms. The van der Waals surface area contributed by atoms with Gasteiger partial charge in [0.1, 0.15) is 18.3 Å². The molecule has 0 bridgehead atoms. The van der Waals surface area contributed by atoms with Crippen LogP contribution in [0.3, 0.4) is 0 Å². The van der Waals surface area contributed by atoms with Gasteiger partial charge in [0.05, 0.1) is 12.2 Å². The van der Waals surface area contributed by atoms with E-state index in [0.29, 0.717) is 11.3 Å². The normalized spacial score (nSPS) is 52.2. The fourth-order valence-corrected chi connectivity index (χ4v) is 10.9. The quantitative estimate of drug-likeness (QED) is 0.370. The smallest absolute Gasteiger partial charge is 0.187 e. The van der Waals surface area contributed by atoms with Gasteiger partial charge in [-0.25, -0.2) is 0 Å². The Morgan fingerprint density at radius 1 is 0.892 bits per heavy atom. The average Bonchev–Trinajstić information content (AvgIpc) is 3.42. The molecule has 0 aromatic rings. The van der Waals surface area contributed by atoms with Crippen LogP contribution in [0.25, 0.3) is 0 Å². The fourth-order valence-electron chi connectivity index (χ4n) is 10.9. The van der Waals surface area contributed by atoms with Gasteiger partial charge in [-0.1, -0.05) is 53.9 Å². The van der Waals surface area contributed by atoms with E-state index in [2.05, 4.69) is 41.5 Å². The maximum atomic E-state index is 10.5. The molecule has 214 valence electrons. The van der Waals surface area contributed by atoms with E-state index >= 15 is 0 Å². The fraction of sp³-hybridized carbons (Fsp3) is 1.00. The van der Waals surface area contributed by atoms with Gasteiger partial charge < -0.3 is 24.8 Å². The van der Waals surface area contributed by atoms with Gasteiger partial charge >= 0.3 is 0 Å². The summed E-state index contributed by atoms with van der Waals surface area (Å²) in [6, 6.07) is 0. The van der Waals surface area contributed by atoms with Crippen LogP contribution >= 0.6 is 0 Å². The molecule has 1 aliphatic heterocycles. The van der Waals surface area contributed by atoms with E-state index in [1.165, 1.54) is 57.8 Å². The third-order valence-electron chi connectivity index (χ3n) is 12.6. The summed E-state index contributed by atoms with van der Waals surface area (Å²) in [5.74, 6) is 5.66. The third-order valence-corrected chi connectivity index (χ3v) is 12.6. The molecule has 0 unspecified atom stereocenters. The predicted molar refractivity (Wildman–Crippen MR) is 146 cm³/mol. The van der Waals surface area contributed by atoms with E-state index < -0.39 is 24.6 Å². The molecule has 5 heteroatoms. The van der Waals surface area contributed by atoms with E-state index in [1.54, 1.807) is 0 Å². The van der Waals surface area contributed by atoms with Gasteiger partial charge in [-0.05, 0) is 111 Å². The van der Waals surface area contributed by atoms with Gasteiger partial charge in [0, 0.05) is 0 Å². The number of ether oxygens (including phenoxy) is 2. The minimum atomic E-state index is -1.11. The van der Waals surface area contributed by atoms with E-state index in [0.717, 1.165) is 48.3 Å². The maximum Gasteiger partial charge on any atom is 0.187 e. The Hall–Kier alpha value is -0.200. The topological polar surface area (TPSA) is 79.2 Å². The zero-order chi connectivity index (χ0) is 26.8. The number of aliphatic hydroxyl groups excluding tert-OH is 3. The van der Waals surface area contributed by atoms with E-state index in [1.807, 2.05) is 0 Å². The summed E-state index contributed by atoms with van der Waals surface area (Å²) in [6.45, 7) is 14.4. The summed E-state index contributed by atoms with van der Waals surface area (Å²) in [5.41, 5.74) is 0.406. The molecule has 4 saturated carbocycles. The summed E-state index contributed by atoms with van der Waals surface area (Å²) >= 11 is 0. The van der Waals surface area contributed by atoms with Crippen molar-refractivity contribution >= 4 is 0 Å². The largest absolute Gasteiger partial charge is 0.394 e. The Balaban J connectivity index is 1.27. The lowest BCUT2D eigenvalue weighted by molar-refractivity contribution is -0.225. The number of fused-ring (bicyclic) bond motifs is 5. The van der Waals surface area contributed by atoms with Gasteiger partial charge in [-0.15, -0.1) is 0 Å². The highest BCUT2D eigenvalue weighted by molar-refractivity contribution is 5.13. The van der Waals surface area contributed by atoms with Crippen LogP contribution in [0.2, 0.25) is 0 Å². The molecule has 0 aromatic carbocycles. The number of aliphatic hydroxyl groups is 3. The second-order valence-electron chi connectivity index (χ2n) is 15.3. The Bertz CT molecular complexity index is 802. The summed E-state index contributed by atoms with van der Waals surface area (Å²) in [7, 11) is 0. The first-order valence-electron chi connectivity index (χ1n) is 15.7. The highest BCUT2D eigenvalue weighted by atomic mass is 16.7. The molecule has 0 spiro atoms. The Labute approximate surface area is 226 Å². The van der Waals surface area contributed by atoms with Crippen LogP contribution in [0.5, 0.6) is 0 Å². The van der Waals surface area contributed by atoms with Crippen molar-refractivity contribution in [2.24, 2.45) is 52.3 Å². The Kier molecular flexibility index (Phi) is 7.91. The van der Waals surface area contributed by atoms with Crippen LogP contribution in [0.1, 0.15) is 112 Å². The van der Waals surface area contributed by atoms with Gasteiger partial charge in [0.15, 0.2) is 6.29 Å². The average molecular weight is 521 g/mol. The zero-order valence-corrected chi connectivity index (χ0v) is 24.5. The highest BCUT2D eigenvalue weighted by Gasteiger charge is 2.64. The number of rotatable bonds is 8. The zero-order valence-electron chi connectivity index (χ0n) is 24.5. The van der Waals surface area contributed by atoms with Gasteiger partial charge in [-0.2, -0.15) is 0 Å². The van der Waals surface area contributed by atoms with Crippen LogP contribution in [0.4, 0.5) is 0 Å². The van der Waals surface area contributed by atoms with Gasteiger partial charge in [0.2, 0.25) is 0 Å². The van der Waals surface area contributed by atoms with Crippen LogP contribution in [-0.2, 0) is 9.47 Å². The van der Waals surface area contributed by atoms with Crippen molar-refractivity contribution in [3.63, 3.8) is 0 Å². The second kappa shape index (κ2) is 10.3. The molecule has 0 amide bonds. The molecule has 0 radical (unpaired) electrons. The molecule has 0 aromatic heterocycles. The molecule has 5 nitrogen and oxygen atoms in total. The Morgan fingerprint density at radius 2 is 1.62 bits per heavy atom. The molecule has 13 atom stereocenters. The molecular formula is C32H56O5. The van der Waals surface area contributed by atoms with Crippen molar-refractivity contribution in [1.82, 2.24) is 0 Å². The lowest BCUT2D eigenvalue weighted by Gasteiger charge is -2.58. The standard InChI is InChI=1S/C32H56O5/c1-19(2)8-7-9-20(3)23-12-13-24-22-11-10-21-16-30(4,37-29-28(35)27(34)26(17-33)36-29)18-32(21,6)25(22)14-15-31(23,24)5/h19-29,33-35H,7-18H2,1-6H3/t20-,21+,22+,23-,24+,25+,26+,27+,28-,29+,30-,31-,32+/m1/s1. The van der Waals surface area contributed by atoms with Crippen molar-refractivity contribution in [1.29, 1.82) is 0 Å². The molecule has 5 rings (SSSR count). The summed E-state index contributed by atoms with van der Waals surface area (Å²) in [6.07, 6.45) is 10.5. The molecular weight excluding hydrogens is 464 g/mol. The monoisotopic (exact) mass is 520 g/mol. The van der Waals surface area contributed by atoms with Crippen molar-refractivity contribution in [3.05, 3.63) is 0 Å². The van der Waals surface area contributed by atoms with E-state index in [-0.39, 0.29) is 17.6 Å². The summed E-state index contributed by atoms with van der Waals surface area (Å²) in [4.78, 5) is 0. The molecule has 1 heterocycles. The van der Waals surface area contributed by atoms with Crippen molar-refractivity contribution in [2.75, 3.05) is 6.61 Å². The van der Waals surface area contributed by atoms with Crippen molar-refractivity contribution in [2.45, 2.75) is 142 Å². The van der Waals surface area contributed by atoms with E-state index in [9.17, 15) is 15.3 Å².